The monoisotopic (exact) mass is 582 g/mol. The summed E-state index contributed by atoms with van der Waals surface area (Å²) in [5, 5.41) is 8.10. The van der Waals surface area contributed by atoms with Gasteiger partial charge in [0, 0.05) is 44.2 Å². The van der Waals surface area contributed by atoms with Gasteiger partial charge in [-0.3, -0.25) is 4.79 Å². The Labute approximate surface area is 253 Å². The van der Waals surface area contributed by atoms with Gasteiger partial charge in [0.05, 0.1) is 6.20 Å². The lowest BCUT2D eigenvalue weighted by Crippen LogP contribution is -2.40. The number of ketones is 1. The number of hydrogen-bond donors (Lipinski definition) is 2. The zero-order valence-electron chi connectivity index (χ0n) is 25.5. The molecule has 0 saturated carbocycles. The van der Waals surface area contributed by atoms with Gasteiger partial charge in [0.25, 0.3) is 0 Å². The molecule has 3 N–H and O–H groups in total. The molecule has 43 heavy (non-hydrogen) atoms. The second kappa shape index (κ2) is 13.8. The molecule has 5 rings (SSSR count). The number of nitrogens with two attached hydrogens (primary N) is 1. The van der Waals surface area contributed by atoms with Crippen molar-refractivity contribution in [2.24, 2.45) is 5.73 Å². The lowest BCUT2D eigenvalue weighted by molar-refractivity contribution is -0.114. The van der Waals surface area contributed by atoms with Gasteiger partial charge < -0.3 is 25.6 Å². The van der Waals surface area contributed by atoms with Crippen LogP contribution in [-0.4, -0.2) is 70.0 Å². The second-order valence-electron chi connectivity index (χ2n) is 11.7. The molecule has 1 aliphatic rings. The van der Waals surface area contributed by atoms with E-state index in [2.05, 4.69) is 29.2 Å². The number of rotatable bonds is 12. The summed E-state index contributed by atoms with van der Waals surface area (Å²) in [6.07, 6.45) is 7.59. The van der Waals surface area contributed by atoms with Crippen LogP contribution in [0.1, 0.15) is 49.3 Å². The summed E-state index contributed by atoms with van der Waals surface area (Å²) in [5.74, 6) is 3.10. The van der Waals surface area contributed by atoms with Crippen LogP contribution >= 0.6 is 0 Å². The van der Waals surface area contributed by atoms with Crippen molar-refractivity contribution in [1.82, 2.24) is 24.5 Å². The number of carbonyl (C=O) groups excluding carboxylic acids is 1. The lowest BCUT2D eigenvalue weighted by Gasteiger charge is -2.30. The molecule has 1 aliphatic heterocycles. The first kappa shape index (κ1) is 30.2. The number of carbonyl (C=O) groups is 1. The maximum absolute atomic E-state index is 12.4. The molecule has 2 aromatic heterocycles. The van der Waals surface area contributed by atoms with Gasteiger partial charge in [0.1, 0.15) is 11.5 Å². The molecular formula is C33H42N8O2. The van der Waals surface area contributed by atoms with Crippen molar-refractivity contribution < 1.29 is 9.53 Å². The van der Waals surface area contributed by atoms with Crippen LogP contribution in [0.4, 0.5) is 11.9 Å². The Morgan fingerprint density at radius 3 is 2.49 bits per heavy atom. The van der Waals surface area contributed by atoms with Gasteiger partial charge in [-0.25, -0.2) is 0 Å². The average Bonchev–Trinajstić information content (AvgIpc) is 3.41. The number of hydrogen-bond acceptors (Lipinski definition) is 9. The van der Waals surface area contributed by atoms with E-state index in [-0.39, 0.29) is 17.7 Å². The fourth-order valence-electron chi connectivity index (χ4n) is 5.06. The van der Waals surface area contributed by atoms with Crippen LogP contribution in [-0.2, 0) is 17.8 Å². The van der Waals surface area contributed by atoms with Gasteiger partial charge in [-0.05, 0) is 74.3 Å². The SMILES string of the molecule is CC(C)c1cnn2c(NCc3cccc(Oc4cccc(CC(=O)/C=C/CN(C)C)c4)c3)nc(N3CCC(N)CC3)nc12. The first-order valence-corrected chi connectivity index (χ1v) is 14.9. The molecule has 10 heteroatoms. The molecule has 0 atom stereocenters. The number of likely N-dealkylation sites (N-methyl/N-ethyl adjacent to an activating group) is 1. The van der Waals surface area contributed by atoms with E-state index in [9.17, 15) is 4.79 Å². The van der Waals surface area contributed by atoms with E-state index in [4.69, 9.17) is 20.4 Å². The van der Waals surface area contributed by atoms with Crippen molar-refractivity contribution in [3.05, 3.63) is 83.6 Å². The summed E-state index contributed by atoms with van der Waals surface area (Å²) >= 11 is 0. The quantitative estimate of drug-likeness (QED) is 0.227. The smallest absolute Gasteiger partial charge is 0.230 e. The predicted molar refractivity (Wildman–Crippen MR) is 171 cm³/mol. The van der Waals surface area contributed by atoms with E-state index < -0.39 is 0 Å². The largest absolute Gasteiger partial charge is 0.457 e. The van der Waals surface area contributed by atoms with Crippen LogP contribution in [0.15, 0.2) is 66.9 Å². The van der Waals surface area contributed by atoms with E-state index in [1.54, 1.807) is 10.6 Å². The highest BCUT2D eigenvalue weighted by Gasteiger charge is 2.22. The fourth-order valence-corrected chi connectivity index (χ4v) is 5.06. The highest BCUT2D eigenvalue weighted by Crippen LogP contribution is 2.26. The zero-order chi connectivity index (χ0) is 30.3. The van der Waals surface area contributed by atoms with E-state index in [1.807, 2.05) is 79.8 Å². The van der Waals surface area contributed by atoms with Gasteiger partial charge >= 0.3 is 0 Å². The number of anilines is 2. The van der Waals surface area contributed by atoms with Gasteiger partial charge in [0.15, 0.2) is 11.4 Å². The normalized spacial score (nSPS) is 14.3. The Hall–Kier alpha value is -4.28. The summed E-state index contributed by atoms with van der Waals surface area (Å²) in [6, 6.07) is 15.8. The van der Waals surface area contributed by atoms with Gasteiger partial charge in [-0.1, -0.05) is 44.2 Å². The van der Waals surface area contributed by atoms with Crippen LogP contribution in [0.5, 0.6) is 11.5 Å². The van der Waals surface area contributed by atoms with Crippen LogP contribution in [0.25, 0.3) is 5.65 Å². The summed E-state index contributed by atoms with van der Waals surface area (Å²) < 4.78 is 7.98. The van der Waals surface area contributed by atoms with Crippen LogP contribution in [0, 0.1) is 0 Å². The molecule has 0 spiro atoms. The zero-order valence-corrected chi connectivity index (χ0v) is 25.5. The maximum Gasteiger partial charge on any atom is 0.230 e. The number of allylic oxidation sites excluding steroid dienone is 1. The molecule has 1 saturated heterocycles. The van der Waals surface area contributed by atoms with E-state index in [0.29, 0.717) is 36.4 Å². The first-order valence-electron chi connectivity index (χ1n) is 14.9. The minimum absolute atomic E-state index is 0.0654. The molecule has 3 heterocycles. The Morgan fingerprint density at radius 2 is 1.79 bits per heavy atom. The number of aromatic nitrogens is 4. The Bertz CT molecular complexity index is 1570. The molecular weight excluding hydrogens is 540 g/mol. The number of ether oxygens (including phenoxy) is 1. The van der Waals surface area contributed by atoms with Crippen molar-refractivity contribution in [3.63, 3.8) is 0 Å². The fraction of sp³-hybridized carbons (Fsp3) is 0.394. The van der Waals surface area contributed by atoms with Crippen molar-refractivity contribution in [1.29, 1.82) is 0 Å². The molecule has 4 aromatic rings. The van der Waals surface area contributed by atoms with E-state index in [0.717, 1.165) is 54.8 Å². The molecule has 226 valence electrons. The molecule has 0 radical (unpaired) electrons. The van der Waals surface area contributed by atoms with Crippen molar-refractivity contribution in [2.75, 3.05) is 43.9 Å². The molecule has 0 unspecified atom stereocenters. The minimum atomic E-state index is 0.0654. The minimum Gasteiger partial charge on any atom is -0.457 e. The van der Waals surface area contributed by atoms with Crippen LogP contribution < -0.4 is 20.7 Å². The molecule has 10 nitrogen and oxygen atoms in total. The number of piperidine rings is 1. The third-order valence-corrected chi connectivity index (χ3v) is 7.46. The molecule has 0 amide bonds. The standard InChI is InChI=1S/C33H42N8O2/c1-23(2)30-22-36-41-31(30)37-33(40-16-13-26(34)14-17-40)38-32(41)35-21-25-9-6-12-29(20-25)43-28-11-5-8-24(19-28)18-27(42)10-7-15-39(3)4/h5-12,19-20,22-23,26H,13-18,21,34H2,1-4H3,(H,35,37,38)/b10-7+. The van der Waals surface area contributed by atoms with Crippen molar-refractivity contribution in [3.8, 4) is 11.5 Å². The van der Waals surface area contributed by atoms with Crippen LogP contribution in [0.3, 0.4) is 0 Å². The van der Waals surface area contributed by atoms with Gasteiger partial charge in [-0.2, -0.15) is 19.6 Å². The van der Waals surface area contributed by atoms with Crippen molar-refractivity contribution >= 4 is 23.3 Å². The van der Waals surface area contributed by atoms with E-state index in [1.165, 1.54) is 0 Å². The highest BCUT2D eigenvalue weighted by molar-refractivity contribution is 5.91. The number of fused-ring (bicyclic) bond motifs is 1. The summed E-state index contributed by atoms with van der Waals surface area (Å²) in [5.41, 5.74) is 9.99. The van der Waals surface area contributed by atoms with E-state index >= 15 is 0 Å². The summed E-state index contributed by atoms with van der Waals surface area (Å²) in [6.45, 7) is 7.23. The number of benzene rings is 2. The molecule has 0 aliphatic carbocycles. The summed E-state index contributed by atoms with van der Waals surface area (Å²) in [4.78, 5) is 26.4. The molecule has 0 bridgehead atoms. The predicted octanol–water partition coefficient (Wildman–Crippen LogP) is 4.81. The summed E-state index contributed by atoms with van der Waals surface area (Å²) in [7, 11) is 3.95. The number of nitrogens with zero attached hydrogens (tertiary/aromatic N) is 6. The first-order chi connectivity index (χ1) is 20.7. The average molecular weight is 583 g/mol. The van der Waals surface area contributed by atoms with Gasteiger partial charge in [0.2, 0.25) is 11.9 Å². The lowest BCUT2D eigenvalue weighted by atomic mass is 10.1. The number of nitrogens with one attached hydrogen (secondary N) is 1. The highest BCUT2D eigenvalue weighted by atomic mass is 16.5. The second-order valence-corrected chi connectivity index (χ2v) is 11.7. The Kier molecular flexibility index (Phi) is 9.68. The topological polar surface area (TPSA) is 114 Å². The Morgan fingerprint density at radius 1 is 1.09 bits per heavy atom. The molecule has 2 aromatic carbocycles. The van der Waals surface area contributed by atoms with Crippen molar-refractivity contribution in [2.45, 2.75) is 51.6 Å². The Balaban J connectivity index is 1.29. The third kappa shape index (κ3) is 7.97. The van der Waals surface area contributed by atoms with Gasteiger partial charge in [-0.15, -0.1) is 0 Å². The molecule has 1 fully saturated rings. The third-order valence-electron chi connectivity index (χ3n) is 7.46. The van der Waals surface area contributed by atoms with Crippen LogP contribution in [0.2, 0.25) is 0 Å². The maximum atomic E-state index is 12.4.